The van der Waals surface area contributed by atoms with Gasteiger partial charge in [0, 0.05) is 25.3 Å². The lowest BCUT2D eigenvalue weighted by Gasteiger charge is -2.36. The van der Waals surface area contributed by atoms with E-state index in [2.05, 4.69) is 54.5 Å². The molecule has 2 heterocycles. The average Bonchev–Trinajstić information content (AvgIpc) is 2.62. The van der Waals surface area contributed by atoms with Gasteiger partial charge in [-0.3, -0.25) is 9.88 Å². The number of hydrogen-bond donors (Lipinski definition) is 1. The van der Waals surface area contributed by atoms with Crippen LogP contribution in [0.3, 0.4) is 0 Å². The van der Waals surface area contributed by atoms with Gasteiger partial charge < -0.3 is 5.32 Å². The maximum atomic E-state index is 4.70. The first kappa shape index (κ1) is 15.8. The molecule has 0 spiro atoms. The van der Waals surface area contributed by atoms with Crippen molar-refractivity contribution in [3.05, 3.63) is 64.5 Å². The molecule has 0 radical (unpaired) electrons. The molecule has 3 heteroatoms. The molecule has 0 saturated carbocycles. The number of pyridine rings is 1. The van der Waals surface area contributed by atoms with E-state index in [1.807, 2.05) is 6.20 Å². The van der Waals surface area contributed by atoms with E-state index in [9.17, 15) is 0 Å². The fourth-order valence-electron chi connectivity index (χ4n) is 4.41. The van der Waals surface area contributed by atoms with Gasteiger partial charge in [-0.05, 0) is 68.0 Å². The van der Waals surface area contributed by atoms with Crippen molar-refractivity contribution in [3.63, 3.8) is 0 Å². The van der Waals surface area contributed by atoms with Gasteiger partial charge in [0.05, 0.1) is 11.7 Å². The summed E-state index contributed by atoms with van der Waals surface area (Å²) in [6.07, 6.45) is 6.76. The highest BCUT2D eigenvalue weighted by Gasteiger charge is 2.28. The first-order valence-electron chi connectivity index (χ1n) is 9.17. The van der Waals surface area contributed by atoms with Crippen LogP contribution in [0, 0.1) is 6.92 Å². The van der Waals surface area contributed by atoms with Gasteiger partial charge in [0.15, 0.2) is 0 Å². The molecule has 126 valence electrons. The average molecular weight is 321 g/mol. The van der Waals surface area contributed by atoms with Gasteiger partial charge in [0.25, 0.3) is 0 Å². The molecule has 2 aromatic rings. The molecule has 1 aromatic heterocycles. The van der Waals surface area contributed by atoms with Crippen LogP contribution in [0.1, 0.15) is 46.8 Å². The lowest BCUT2D eigenvalue weighted by Crippen LogP contribution is -2.45. The SMILES string of the molecule is Cc1cccc2c1CC(CN(C)[C@H]1CCCc3cccnc31)NC2. The third kappa shape index (κ3) is 2.99. The van der Waals surface area contributed by atoms with Crippen molar-refractivity contribution in [2.45, 2.75) is 51.2 Å². The number of fused-ring (bicyclic) bond motifs is 2. The molecule has 1 aliphatic carbocycles. The number of aromatic nitrogens is 1. The number of nitrogens with zero attached hydrogens (tertiary/aromatic N) is 2. The van der Waals surface area contributed by atoms with Gasteiger partial charge in [-0.25, -0.2) is 0 Å². The van der Waals surface area contributed by atoms with Crippen molar-refractivity contribution in [3.8, 4) is 0 Å². The maximum Gasteiger partial charge on any atom is 0.0607 e. The van der Waals surface area contributed by atoms with E-state index in [-0.39, 0.29) is 0 Å². The minimum atomic E-state index is 0.468. The fraction of sp³-hybridized carbons (Fsp3) is 0.476. The van der Waals surface area contributed by atoms with Gasteiger partial charge in [-0.1, -0.05) is 24.3 Å². The van der Waals surface area contributed by atoms with Crippen molar-refractivity contribution < 1.29 is 0 Å². The summed E-state index contributed by atoms with van der Waals surface area (Å²) < 4.78 is 0. The highest BCUT2D eigenvalue weighted by Crippen LogP contribution is 2.32. The van der Waals surface area contributed by atoms with Crippen molar-refractivity contribution >= 4 is 0 Å². The molecule has 1 unspecified atom stereocenters. The van der Waals surface area contributed by atoms with E-state index >= 15 is 0 Å². The number of hydrogen-bond acceptors (Lipinski definition) is 3. The number of aryl methyl sites for hydroxylation is 2. The van der Waals surface area contributed by atoms with Crippen molar-refractivity contribution in [1.82, 2.24) is 15.2 Å². The summed E-state index contributed by atoms with van der Waals surface area (Å²) >= 11 is 0. The Morgan fingerprint density at radius 2 is 2.08 bits per heavy atom. The van der Waals surface area contributed by atoms with Crippen LogP contribution in [0.5, 0.6) is 0 Å². The second kappa shape index (κ2) is 6.66. The normalized spacial score (nSPS) is 23.0. The van der Waals surface area contributed by atoms with E-state index in [4.69, 9.17) is 4.98 Å². The topological polar surface area (TPSA) is 28.2 Å². The van der Waals surface area contributed by atoms with Crippen LogP contribution in [-0.2, 0) is 19.4 Å². The lowest BCUT2D eigenvalue weighted by molar-refractivity contribution is 0.190. The molecule has 24 heavy (non-hydrogen) atoms. The van der Waals surface area contributed by atoms with Gasteiger partial charge in [0.2, 0.25) is 0 Å². The van der Waals surface area contributed by atoms with Gasteiger partial charge in [-0.2, -0.15) is 0 Å². The summed E-state index contributed by atoms with van der Waals surface area (Å²) in [6.45, 7) is 4.32. The maximum absolute atomic E-state index is 4.70. The molecule has 0 saturated heterocycles. The van der Waals surface area contributed by atoms with E-state index in [1.165, 1.54) is 41.6 Å². The van der Waals surface area contributed by atoms with Crippen molar-refractivity contribution in [1.29, 1.82) is 0 Å². The van der Waals surface area contributed by atoms with Crippen LogP contribution in [-0.4, -0.2) is 29.5 Å². The van der Waals surface area contributed by atoms with Crippen LogP contribution in [0.25, 0.3) is 0 Å². The highest BCUT2D eigenvalue weighted by atomic mass is 15.2. The summed E-state index contributed by atoms with van der Waals surface area (Å²) in [6, 6.07) is 12.0. The minimum absolute atomic E-state index is 0.468. The van der Waals surface area contributed by atoms with Crippen LogP contribution >= 0.6 is 0 Å². The van der Waals surface area contributed by atoms with E-state index in [1.54, 1.807) is 5.56 Å². The minimum Gasteiger partial charge on any atom is -0.308 e. The first-order valence-corrected chi connectivity index (χ1v) is 9.17. The molecule has 2 aliphatic rings. The fourth-order valence-corrected chi connectivity index (χ4v) is 4.41. The Morgan fingerprint density at radius 3 is 3.00 bits per heavy atom. The molecule has 1 aromatic carbocycles. The van der Waals surface area contributed by atoms with Crippen LogP contribution in [0.4, 0.5) is 0 Å². The van der Waals surface area contributed by atoms with Gasteiger partial charge in [-0.15, -0.1) is 0 Å². The third-order valence-corrected chi connectivity index (χ3v) is 5.74. The Labute approximate surface area is 145 Å². The second-order valence-corrected chi connectivity index (χ2v) is 7.39. The zero-order valence-corrected chi connectivity index (χ0v) is 14.8. The largest absolute Gasteiger partial charge is 0.308 e. The number of likely N-dealkylation sites (N-methyl/N-ethyl adjacent to an activating group) is 1. The number of benzene rings is 1. The van der Waals surface area contributed by atoms with E-state index in [0.29, 0.717) is 12.1 Å². The monoisotopic (exact) mass is 321 g/mol. The van der Waals surface area contributed by atoms with E-state index < -0.39 is 0 Å². The molecule has 0 amide bonds. The molecule has 1 N–H and O–H groups in total. The predicted molar refractivity (Wildman–Crippen MR) is 98.1 cm³/mol. The second-order valence-electron chi connectivity index (χ2n) is 7.39. The van der Waals surface area contributed by atoms with Gasteiger partial charge >= 0.3 is 0 Å². The van der Waals surface area contributed by atoms with E-state index in [0.717, 1.165) is 19.5 Å². The van der Waals surface area contributed by atoms with Crippen molar-refractivity contribution in [2.75, 3.05) is 13.6 Å². The summed E-state index contributed by atoms with van der Waals surface area (Å²) in [5.41, 5.74) is 7.21. The Hall–Kier alpha value is -1.71. The summed E-state index contributed by atoms with van der Waals surface area (Å²) in [4.78, 5) is 7.22. The van der Waals surface area contributed by atoms with Gasteiger partial charge in [0.1, 0.15) is 0 Å². The van der Waals surface area contributed by atoms with Crippen LogP contribution in [0.2, 0.25) is 0 Å². The Bertz CT molecular complexity index is 725. The first-order chi connectivity index (χ1) is 11.7. The molecular formula is C21H27N3. The van der Waals surface area contributed by atoms with Crippen LogP contribution < -0.4 is 5.32 Å². The Balaban J connectivity index is 1.48. The zero-order chi connectivity index (χ0) is 16.5. The molecule has 1 aliphatic heterocycles. The Morgan fingerprint density at radius 1 is 1.21 bits per heavy atom. The molecule has 3 nitrogen and oxygen atoms in total. The summed E-state index contributed by atoms with van der Waals surface area (Å²) in [5.74, 6) is 0. The molecule has 2 atom stereocenters. The smallest absolute Gasteiger partial charge is 0.0607 e. The van der Waals surface area contributed by atoms with Crippen LogP contribution in [0.15, 0.2) is 36.5 Å². The summed E-state index contributed by atoms with van der Waals surface area (Å²) in [5, 5.41) is 3.73. The molecule has 0 bridgehead atoms. The third-order valence-electron chi connectivity index (χ3n) is 5.74. The standard InChI is InChI=1S/C21H27N3/c1-15-6-3-8-17-13-23-18(12-19(15)17)14-24(2)20-10-4-7-16-9-5-11-22-21(16)20/h3,5-6,8-9,11,18,20,23H,4,7,10,12-14H2,1-2H3/t18?,20-/m0/s1. The quantitative estimate of drug-likeness (QED) is 0.939. The summed E-state index contributed by atoms with van der Waals surface area (Å²) in [7, 11) is 2.27. The lowest BCUT2D eigenvalue weighted by atomic mass is 9.89. The molecular weight excluding hydrogens is 294 g/mol. The predicted octanol–water partition coefficient (Wildman–Crippen LogP) is 3.41. The number of rotatable bonds is 3. The Kier molecular flexibility index (Phi) is 4.38. The zero-order valence-electron chi connectivity index (χ0n) is 14.8. The molecule has 0 fully saturated rings. The highest BCUT2D eigenvalue weighted by molar-refractivity contribution is 5.36. The van der Waals surface area contributed by atoms with Crippen molar-refractivity contribution in [2.24, 2.45) is 0 Å². The number of nitrogens with one attached hydrogen (secondary N) is 1. The molecule has 4 rings (SSSR count).